The first-order valence-electron chi connectivity index (χ1n) is 9.25. The van der Waals surface area contributed by atoms with Crippen LogP contribution < -0.4 is 4.74 Å². The van der Waals surface area contributed by atoms with Crippen LogP contribution in [0.3, 0.4) is 0 Å². The number of aromatic nitrogens is 2. The molecule has 2 aromatic carbocycles. The summed E-state index contributed by atoms with van der Waals surface area (Å²) in [5, 5.41) is 4.52. The molecule has 0 unspecified atom stereocenters. The van der Waals surface area contributed by atoms with Gasteiger partial charge in [0, 0.05) is 12.0 Å². The van der Waals surface area contributed by atoms with Crippen LogP contribution in [0.2, 0.25) is 0 Å². The Morgan fingerprint density at radius 2 is 1.63 bits per heavy atom. The fourth-order valence-electron chi connectivity index (χ4n) is 2.91. The van der Waals surface area contributed by atoms with Crippen molar-refractivity contribution < 1.29 is 28.2 Å². The number of esters is 2. The quantitative estimate of drug-likeness (QED) is 0.413. The molecule has 0 bridgehead atoms. The van der Waals surface area contributed by atoms with E-state index in [0.29, 0.717) is 23.4 Å². The van der Waals surface area contributed by atoms with Crippen LogP contribution in [0, 0.1) is 0 Å². The number of para-hydroxylation sites is 1. The van der Waals surface area contributed by atoms with Gasteiger partial charge in [-0.15, -0.1) is 0 Å². The van der Waals surface area contributed by atoms with Gasteiger partial charge in [0.25, 0.3) is 0 Å². The monoisotopic (exact) mass is 412 g/mol. The Balaban J connectivity index is 2.13. The predicted molar refractivity (Wildman–Crippen MR) is 108 cm³/mol. The molecule has 30 heavy (non-hydrogen) atoms. The molecule has 8 heteroatoms. The van der Waals surface area contributed by atoms with Crippen molar-refractivity contribution in [2.45, 2.75) is 6.42 Å². The number of carbonyl (C=O) groups excluding carboxylic acids is 2. The molecular weight excluding hydrogens is 391 g/mol. The lowest BCUT2D eigenvalue weighted by molar-refractivity contribution is 0.0549. The summed E-state index contributed by atoms with van der Waals surface area (Å²) in [7, 11) is 2.46. The minimum atomic E-state index is -0.718. The number of hydrogen-bond donors (Lipinski definition) is 0. The van der Waals surface area contributed by atoms with Crippen molar-refractivity contribution in [3.8, 4) is 22.7 Å². The van der Waals surface area contributed by atoms with Crippen molar-refractivity contribution in [1.82, 2.24) is 9.78 Å². The third kappa shape index (κ3) is 4.32. The van der Waals surface area contributed by atoms with Crippen molar-refractivity contribution in [3.05, 3.63) is 65.9 Å². The lowest BCUT2D eigenvalue weighted by Gasteiger charge is -2.07. The van der Waals surface area contributed by atoms with Crippen molar-refractivity contribution >= 4 is 11.9 Å². The molecule has 0 spiro atoms. The van der Waals surface area contributed by atoms with E-state index in [1.54, 1.807) is 48.5 Å². The zero-order chi connectivity index (χ0) is 21.5. The molecular formula is C22H21FN2O5. The second-order valence-corrected chi connectivity index (χ2v) is 6.22. The van der Waals surface area contributed by atoms with Crippen molar-refractivity contribution in [1.29, 1.82) is 0 Å². The van der Waals surface area contributed by atoms with E-state index in [9.17, 15) is 14.0 Å². The van der Waals surface area contributed by atoms with Crippen LogP contribution in [0.5, 0.6) is 5.75 Å². The van der Waals surface area contributed by atoms with Gasteiger partial charge in [0.2, 0.25) is 0 Å². The fourth-order valence-corrected chi connectivity index (χ4v) is 2.91. The van der Waals surface area contributed by atoms with E-state index in [-0.39, 0.29) is 23.6 Å². The van der Waals surface area contributed by atoms with Crippen molar-refractivity contribution in [2.24, 2.45) is 0 Å². The van der Waals surface area contributed by atoms with Crippen LogP contribution in [0.4, 0.5) is 4.39 Å². The van der Waals surface area contributed by atoms with Gasteiger partial charge in [-0.2, -0.15) is 5.10 Å². The van der Waals surface area contributed by atoms with E-state index in [1.807, 2.05) is 6.07 Å². The fraction of sp³-hybridized carbons (Fsp3) is 0.227. The highest BCUT2D eigenvalue weighted by atomic mass is 19.1. The highest BCUT2D eigenvalue weighted by Crippen LogP contribution is 2.30. The predicted octanol–water partition coefficient (Wildman–Crippen LogP) is 3.85. The molecule has 3 aromatic rings. The molecule has 3 rings (SSSR count). The van der Waals surface area contributed by atoms with Crippen LogP contribution in [-0.2, 0) is 9.47 Å². The molecule has 0 fully saturated rings. The Morgan fingerprint density at radius 3 is 2.23 bits per heavy atom. The SMILES string of the molecule is COC(=O)c1c(-c2ccc(OCCCF)cc2)nn(-c2ccccc2)c1C(=O)OC. The number of ether oxygens (including phenoxy) is 3. The molecule has 1 heterocycles. The van der Waals surface area contributed by atoms with Crippen LogP contribution in [0.25, 0.3) is 16.9 Å². The number of methoxy groups -OCH3 is 2. The Hall–Kier alpha value is -3.68. The molecule has 1 aromatic heterocycles. The van der Waals surface area contributed by atoms with E-state index in [0.717, 1.165) is 0 Å². The number of rotatable bonds is 8. The number of halogens is 1. The summed E-state index contributed by atoms with van der Waals surface area (Å²) in [6.07, 6.45) is 0.304. The van der Waals surface area contributed by atoms with E-state index >= 15 is 0 Å². The maximum absolute atomic E-state index is 12.6. The summed E-state index contributed by atoms with van der Waals surface area (Å²) in [6, 6.07) is 15.7. The van der Waals surface area contributed by atoms with Gasteiger partial charge < -0.3 is 14.2 Å². The molecule has 0 amide bonds. The number of nitrogens with zero attached hydrogens (tertiary/aromatic N) is 2. The lowest BCUT2D eigenvalue weighted by Crippen LogP contribution is -2.15. The summed E-state index contributed by atoms with van der Waals surface area (Å²) in [6.45, 7) is -0.188. The standard InChI is InChI=1S/C22H21FN2O5/c1-28-21(26)18-19(15-9-11-17(12-10-15)30-14-6-13-23)24-25(20(18)22(27)29-2)16-7-4-3-5-8-16/h3-5,7-12H,6,13-14H2,1-2H3. The first kappa shape index (κ1) is 21.0. The second-order valence-electron chi connectivity index (χ2n) is 6.22. The summed E-state index contributed by atoms with van der Waals surface area (Å²) < 4.78 is 28.9. The number of alkyl halides is 1. The summed E-state index contributed by atoms with van der Waals surface area (Å²) in [4.78, 5) is 25.1. The Labute approximate surface area is 173 Å². The molecule has 0 saturated heterocycles. The summed E-state index contributed by atoms with van der Waals surface area (Å²) in [5.74, 6) is -0.873. The van der Waals surface area contributed by atoms with Gasteiger partial charge in [0.05, 0.1) is 33.2 Å². The van der Waals surface area contributed by atoms with Gasteiger partial charge in [-0.05, 0) is 36.4 Å². The van der Waals surface area contributed by atoms with Gasteiger partial charge >= 0.3 is 11.9 Å². The molecule has 7 nitrogen and oxygen atoms in total. The first-order chi connectivity index (χ1) is 14.6. The highest BCUT2D eigenvalue weighted by Gasteiger charge is 2.31. The Morgan fingerprint density at radius 1 is 0.967 bits per heavy atom. The van der Waals surface area contributed by atoms with Gasteiger partial charge in [-0.3, -0.25) is 4.39 Å². The third-order valence-electron chi connectivity index (χ3n) is 4.33. The molecule has 0 N–H and O–H groups in total. The van der Waals surface area contributed by atoms with E-state index in [2.05, 4.69) is 5.10 Å². The number of carbonyl (C=O) groups is 2. The van der Waals surface area contributed by atoms with Crippen LogP contribution in [0.1, 0.15) is 27.3 Å². The Bertz CT molecular complexity index is 1020. The molecule has 0 atom stereocenters. The molecule has 0 radical (unpaired) electrons. The van der Waals surface area contributed by atoms with E-state index < -0.39 is 18.6 Å². The minimum absolute atomic E-state index is 0.000648. The van der Waals surface area contributed by atoms with Crippen LogP contribution in [-0.4, -0.2) is 49.2 Å². The summed E-state index contributed by atoms with van der Waals surface area (Å²) in [5.41, 5.74) is 1.39. The zero-order valence-corrected chi connectivity index (χ0v) is 16.6. The van der Waals surface area contributed by atoms with Gasteiger partial charge in [-0.1, -0.05) is 18.2 Å². The number of benzene rings is 2. The van der Waals surface area contributed by atoms with E-state index in [4.69, 9.17) is 14.2 Å². The third-order valence-corrected chi connectivity index (χ3v) is 4.33. The lowest BCUT2D eigenvalue weighted by atomic mass is 10.1. The topological polar surface area (TPSA) is 79.7 Å². The molecule has 0 aliphatic heterocycles. The molecule has 0 aliphatic rings. The molecule has 0 saturated carbocycles. The smallest absolute Gasteiger partial charge is 0.357 e. The average molecular weight is 412 g/mol. The maximum Gasteiger partial charge on any atom is 0.357 e. The highest BCUT2D eigenvalue weighted by molar-refractivity contribution is 6.06. The van der Waals surface area contributed by atoms with Crippen molar-refractivity contribution in [2.75, 3.05) is 27.5 Å². The molecule has 156 valence electrons. The minimum Gasteiger partial charge on any atom is -0.493 e. The maximum atomic E-state index is 12.6. The summed E-state index contributed by atoms with van der Waals surface area (Å²) >= 11 is 0. The zero-order valence-electron chi connectivity index (χ0n) is 16.6. The second kappa shape index (κ2) is 9.69. The Kier molecular flexibility index (Phi) is 6.79. The largest absolute Gasteiger partial charge is 0.493 e. The van der Waals surface area contributed by atoms with Crippen LogP contribution >= 0.6 is 0 Å². The molecule has 0 aliphatic carbocycles. The normalized spacial score (nSPS) is 10.5. The van der Waals surface area contributed by atoms with Gasteiger partial charge in [0.15, 0.2) is 5.69 Å². The van der Waals surface area contributed by atoms with Gasteiger partial charge in [0.1, 0.15) is 17.0 Å². The number of hydrogen-bond acceptors (Lipinski definition) is 6. The van der Waals surface area contributed by atoms with Crippen LogP contribution in [0.15, 0.2) is 54.6 Å². The first-order valence-corrected chi connectivity index (χ1v) is 9.25. The van der Waals surface area contributed by atoms with Crippen molar-refractivity contribution in [3.63, 3.8) is 0 Å². The average Bonchev–Trinajstić information content (AvgIpc) is 3.20. The van der Waals surface area contributed by atoms with Gasteiger partial charge in [-0.25, -0.2) is 14.3 Å². The van der Waals surface area contributed by atoms with E-state index in [1.165, 1.54) is 18.9 Å².